The molecule has 1 unspecified atom stereocenters. The lowest BCUT2D eigenvalue weighted by molar-refractivity contribution is 0.245. The summed E-state index contributed by atoms with van der Waals surface area (Å²) in [6.45, 7) is 3.55. The molecule has 2 aromatic carbocycles. The summed E-state index contributed by atoms with van der Waals surface area (Å²) < 4.78 is 1.11. The Morgan fingerprint density at radius 1 is 1.16 bits per heavy atom. The number of amides is 2. The van der Waals surface area contributed by atoms with Crippen molar-refractivity contribution in [2.24, 2.45) is 5.92 Å². The second-order valence-corrected chi connectivity index (χ2v) is 7.71. The number of urea groups is 1. The van der Waals surface area contributed by atoms with E-state index in [1.54, 1.807) is 0 Å². The number of fused-ring (bicyclic) bond motifs is 1. The summed E-state index contributed by atoms with van der Waals surface area (Å²) in [5, 5.41) is 3.14. The van der Waals surface area contributed by atoms with E-state index in [-0.39, 0.29) is 6.03 Å². The molecule has 2 amide bonds. The third-order valence-corrected chi connectivity index (χ3v) is 5.63. The van der Waals surface area contributed by atoms with E-state index in [0.29, 0.717) is 5.92 Å². The van der Waals surface area contributed by atoms with Crippen LogP contribution in [0.15, 0.2) is 53.0 Å². The largest absolute Gasteiger partial charge is 0.371 e. The molecule has 0 spiro atoms. The van der Waals surface area contributed by atoms with Crippen molar-refractivity contribution < 1.29 is 4.79 Å². The van der Waals surface area contributed by atoms with Crippen molar-refractivity contribution in [3.05, 3.63) is 58.6 Å². The van der Waals surface area contributed by atoms with Crippen LogP contribution in [0.2, 0.25) is 0 Å². The van der Waals surface area contributed by atoms with Gasteiger partial charge in [0.2, 0.25) is 0 Å². The molecule has 130 valence electrons. The lowest BCUT2D eigenvalue weighted by Crippen LogP contribution is -2.41. The molecule has 25 heavy (non-hydrogen) atoms. The molecule has 1 saturated heterocycles. The third-order valence-electron chi connectivity index (χ3n) is 5.13. The van der Waals surface area contributed by atoms with Crippen molar-refractivity contribution in [2.75, 3.05) is 36.0 Å². The molecule has 0 aliphatic carbocycles. The van der Waals surface area contributed by atoms with Crippen molar-refractivity contribution in [2.45, 2.75) is 12.8 Å². The zero-order valence-electron chi connectivity index (χ0n) is 14.1. The van der Waals surface area contributed by atoms with E-state index >= 15 is 0 Å². The molecule has 1 N–H and O–H groups in total. The van der Waals surface area contributed by atoms with E-state index in [2.05, 4.69) is 50.4 Å². The average Bonchev–Trinajstić information content (AvgIpc) is 3.27. The molecule has 2 aliphatic rings. The number of rotatable bonds is 3. The number of nitrogens with one attached hydrogen (secondary N) is 1. The monoisotopic (exact) mass is 399 g/mol. The second-order valence-electron chi connectivity index (χ2n) is 6.80. The molecule has 5 heteroatoms. The van der Waals surface area contributed by atoms with Gasteiger partial charge in [-0.3, -0.25) is 4.90 Å². The highest BCUT2D eigenvalue weighted by molar-refractivity contribution is 9.10. The summed E-state index contributed by atoms with van der Waals surface area (Å²) in [4.78, 5) is 16.8. The van der Waals surface area contributed by atoms with Crippen LogP contribution >= 0.6 is 15.9 Å². The molecular formula is C20H22BrN3O. The van der Waals surface area contributed by atoms with E-state index in [9.17, 15) is 4.79 Å². The lowest BCUT2D eigenvalue weighted by atomic mass is 10.1. The lowest BCUT2D eigenvalue weighted by Gasteiger charge is -2.21. The van der Waals surface area contributed by atoms with Crippen molar-refractivity contribution in [3.8, 4) is 0 Å². The van der Waals surface area contributed by atoms with Gasteiger partial charge in [0.05, 0.1) is 0 Å². The predicted molar refractivity (Wildman–Crippen MR) is 105 cm³/mol. The first-order chi connectivity index (χ1) is 12.2. The van der Waals surface area contributed by atoms with E-state index in [0.717, 1.165) is 49.2 Å². The van der Waals surface area contributed by atoms with Gasteiger partial charge >= 0.3 is 6.03 Å². The predicted octanol–water partition coefficient (Wildman–Crippen LogP) is 4.05. The molecule has 1 fully saturated rings. The minimum Gasteiger partial charge on any atom is -0.371 e. The summed E-state index contributed by atoms with van der Waals surface area (Å²) in [5.74, 6) is 0.501. The Balaban J connectivity index is 1.32. The molecule has 4 nitrogen and oxygen atoms in total. The number of carbonyl (C=O) groups is 1. The van der Waals surface area contributed by atoms with Crippen molar-refractivity contribution >= 4 is 33.3 Å². The maximum absolute atomic E-state index is 12.6. The summed E-state index contributed by atoms with van der Waals surface area (Å²) >= 11 is 3.54. The summed E-state index contributed by atoms with van der Waals surface area (Å²) in [7, 11) is 0. The van der Waals surface area contributed by atoms with E-state index in [4.69, 9.17) is 0 Å². The fourth-order valence-corrected chi connectivity index (χ4v) is 4.17. The number of anilines is 2. The zero-order valence-corrected chi connectivity index (χ0v) is 15.7. The van der Waals surface area contributed by atoms with Crippen LogP contribution in [-0.2, 0) is 6.42 Å². The number of carbonyl (C=O) groups excluding carboxylic acids is 1. The molecule has 2 heterocycles. The standard InChI is InChI=1S/C20H22BrN3O/c21-17-5-3-6-18(12-17)23-10-8-15(14-23)13-22-20(25)24-11-9-16-4-1-2-7-19(16)24/h1-7,12,15H,8-11,13-14H2,(H,22,25). The van der Waals surface area contributed by atoms with Gasteiger partial charge in [-0.05, 0) is 48.6 Å². The quantitative estimate of drug-likeness (QED) is 0.844. The fourth-order valence-electron chi connectivity index (χ4n) is 3.78. The number of nitrogens with zero attached hydrogens (tertiary/aromatic N) is 2. The summed E-state index contributed by atoms with van der Waals surface area (Å²) in [5.41, 5.74) is 3.57. The van der Waals surface area contributed by atoms with Crippen LogP contribution < -0.4 is 15.1 Å². The van der Waals surface area contributed by atoms with Gasteiger partial charge in [-0.1, -0.05) is 40.2 Å². The first-order valence-electron chi connectivity index (χ1n) is 8.84. The van der Waals surface area contributed by atoms with Crippen molar-refractivity contribution in [3.63, 3.8) is 0 Å². The van der Waals surface area contributed by atoms with E-state index in [1.165, 1.54) is 11.3 Å². The topological polar surface area (TPSA) is 35.6 Å². The fraction of sp³-hybridized carbons (Fsp3) is 0.350. The second kappa shape index (κ2) is 7.08. The average molecular weight is 400 g/mol. The van der Waals surface area contributed by atoms with Gasteiger partial charge in [-0.15, -0.1) is 0 Å². The van der Waals surface area contributed by atoms with Gasteiger partial charge in [-0.25, -0.2) is 4.79 Å². The minimum absolute atomic E-state index is 0.0332. The molecular weight excluding hydrogens is 378 g/mol. The van der Waals surface area contributed by atoms with E-state index in [1.807, 2.05) is 29.2 Å². The highest BCUT2D eigenvalue weighted by atomic mass is 79.9. The highest BCUT2D eigenvalue weighted by Gasteiger charge is 2.27. The number of para-hydroxylation sites is 1. The number of benzene rings is 2. The van der Waals surface area contributed by atoms with Crippen LogP contribution in [0.3, 0.4) is 0 Å². The van der Waals surface area contributed by atoms with E-state index < -0.39 is 0 Å². The molecule has 1 atom stereocenters. The van der Waals surface area contributed by atoms with Gasteiger partial charge in [0.25, 0.3) is 0 Å². The Morgan fingerprint density at radius 2 is 2.04 bits per heavy atom. The first kappa shape index (κ1) is 16.5. The maximum atomic E-state index is 12.6. The van der Waals surface area contributed by atoms with Crippen molar-refractivity contribution in [1.29, 1.82) is 0 Å². The normalized spacial score (nSPS) is 19.2. The van der Waals surface area contributed by atoms with Gasteiger partial charge in [0.15, 0.2) is 0 Å². The Bertz CT molecular complexity index is 779. The molecule has 0 bridgehead atoms. The number of hydrogen-bond acceptors (Lipinski definition) is 2. The zero-order chi connectivity index (χ0) is 17.2. The van der Waals surface area contributed by atoms with Crippen LogP contribution in [0.1, 0.15) is 12.0 Å². The van der Waals surface area contributed by atoms with Crippen molar-refractivity contribution in [1.82, 2.24) is 5.32 Å². The molecule has 4 rings (SSSR count). The Morgan fingerprint density at radius 3 is 2.92 bits per heavy atom. The molecule has 0 radical (unpaired) electrons. The van der Waals surface area contributed by atoms with Gasteiger partial charge in [0.1, 0.15) is 0 Å². The van der Waals surface area contributed by atoms with Crippen LogP contribution in [0.25, 0.3) is 0 Å². The van der Waals surface area contributed by atoms with Crippen LogP contribution in [0, 0.1) is 5.92 Å². The number of halogens is 1. The molecule has 0 saturated carbocycles. The highest BCUT2D eigenvalue weighted by Crippen LogP contribution is 2.28. The third kappa shape index (κ3) is 3.52. The van der Waals surface area contributed by atoms with Gasteiger partial charge in [0, 0.05) is 42.0 Å². The Kier molecular flexibility index (Phi) is 4.66. The summed E-state index contributed by atoms with van der Waals surface area (Å²) in [6.07, 6.45) is 2.06. The minimum atomic E-state index is 0.0332. The number of hydrogen-bond donors (Lipinski definition) is 1. The Hall–Kier alpha value is -2.01. The first-order valence-corrected chi connectivity index (χ1v) is 9.64. The van der Waals surface area contributed by atoms with Crippen LogP contribution in [0.5, 0.6) is 0 Å². The molecule has 2 aromatic rings. The van der Waals surface area contributed by atoms with Gasteiger partial charge < -0.3 is 10.2 Å². The summed E-state index contributed by atoms with van der Waals surface area (Å²) in [6, 6.07) is 16.6. The SMILES string of the molecule is O=C(NCC1CCN(c2cccc(Br)c2)C1)N1CCc2ccccc21. The molecule has 2 aliphatic heterocycles. The smallest absolute Gasteiger partial charge is 0.321 e. The van der Waals surface area contributed by atoms with Gasteiger partial charge in [-0.2, -0.15) is 0 Å². The Labute approximate surface area is 156 Å². The molecule has 0 aromatic heterocycles. The van der Waals surface area contributed by atoms with Crippen LogP contribution in [0.4, 0.5) is 16.2 Å². The maximum Gasteiger partial charge on any atom is 0.321 e. The van der Waals surface area contributed by atoms with Crippen LogP contribution in [-0.4, -0.2) is 32.2 Å².